The van der Waals surface area contributed by atoms with Gasteiger partial charge in [-0.15, -0.1) is 0 Å². The number of fused-ring (bicyclic) bond motifs is 2. The van der Waals surface area contributed by atoms with Crippen molar-refractivity contribution in [1.29, 1.82) is 0 Å². The van der Waals surface area contributed by atoms with Gasteiger partial charge in [0, 0.05) is 148 Å². The number of nitrogens with one attached hydrogen (secondary N) is 1. The van der Waals surface area contributed by atoms with Crippen LogP contribution in [0.4, 0.5) is 27.5 Å². The quantitative estimate of drug-likeness (QED) is 0.0162. The summed E-state index contributed by atoms with van der Waals surface area (Å²) < 4.78 is 38.9. The Bertz CT molecular complexity index is 4710. The number of nitrogen functional groups attached to an aromatic ring is 3. The largest absolute Gasteiger partial charge is 0.496 e. The molecule has 0 aliphatic carbocycles. The van der Waals surface area contributed by atoms with Gasteiger partial charge >= 0.3 is 12.1 Å². The summed E-state index contributed by atoms with van der Waals surface area (Å²) in [7, 11) is 12.5. The van der Waals surface area contributed by atoms with Gasteiger partial charge in [-0.3, -0.25) is 19.7 Å². The highest BCUT2D eigenvalue weighted by atomic mass is 127. The van der Waals surface area contributed by atoms with Crippen molar-refractivity contribution in [1.82, 2.24) is 44.2 Å². The van der Waals surface area contributed by atoms with E-state index < -0.39 is 28.2 Å². The number of hydrogen-bond acceptors (Lipinski definition) is 18. The fourth-order valence-corrected chi connectivity index (χ4v) is 12.7. The molecule has 0 bridgehead atoms. The summed E-state index contributed by atoms with van der Waals surface area (Å²) in [5.74, 6) is -0.0456. The smallest absolute Gasteiger partial charge is 0.411 e. The van der Waals surface area contributed by atoms with E-state index in [1.807, 2.05) is 108 Å². The number of ether oxygens (including phenoxy) is 6. The van der Waals surface area contributed by atoms with Crippen molar-refractivity contribution in [2.45, 2.75) is 64.8 Å². The average Bonchev–Trinajstić information content (AvgIpc) is 1.64. The number of methoxy groups -OCH3 is 3. The summed E-state index contributed by atoms with van der Waals surface area (Å²) in [6.07, 6.45) is 2.87. The first kappa shape index (κ1) is 82.8. The molecule has 0 atom stereocenters. The number of carboxylic acids is 1. The fourth-order valence-electron chi connectivity index (χ4n) is 10.2. The van der Waals surface area contributed by atoms with E-state index in [9.17, 15) is 24.0 Å². The molecular weight excluding hydrogens is 1600 g/mol. The van der Waals surface area contributed by atoms with Crippen LogP contribution in [-0.4, -0.2) is 185 Å². The molecule has 8 N–H and O–H groups in total. The van der Waals surface area contributed by atoms with Crippen LogP contribution in [-0.2, 0) is 32.4 Å². The molecule has 10 rings (SSSR count). The number of para-hydroxylation sites is 2. The van der Waals surface area contributed by atoms with Crippen molar-refractivity contribution >= 4 is 136 Å². The van der Waals surface area contributed by atoms with Crippen molar-refractivity contribution in [2.75, 3.05) is 113 Å². The Kier molecular flexibility index (Phi) is 29.9. The highest BCUT2D eigenvalue weighted by molar-refractivity contribution is 14.1. The molecule has 105 heavy (non-hydrogen) atoms. The third-order valence-corrected chi connectivity index (χ3v) is 20.7. The number of carbonyl (C=O) groups excluding carboxylic acids is 4. The first-order chi connectivity index (χ1) is 49.7. The molecule has 0 spiro atoms. The number of rotatable bonds is 24. The van der Waals surface area contributed by atoms with E-state index in [2.05, 4.69) is 67.2 Å². The fraction of sp³-hybridized carbons (Fsp3) is 0.303. The molecule has 0 aliphatic rings. The van der Waals surface area contributed by atoms with Crippen LogP contribution in [0.5, 0.6) is 11.5 Å². The van der Waals surface area contributed by atoms with Gasteiger partial charge in [-0.25, -0.2) is 28.9 Å². The van der Waals surface area contributed by atoms with Crippen LogP contribution >= 0.6 is 45.2 Å². The summed E-state index contributed by atoms with van der Waals surface area (Å²) in [5, 5.41) is 22.8. The van der Waals surface area contributed by atoms with E-state index in [0.717, 1.165) is 80.5 Å². The number of amides is 4. The molecule has 10 aromatic rings. The summed E-state index contributed by atoms with van der Waals surface area (Å²) in [5.41, 5.74) is 28.1. The summed E-state index contributed by atoms with van der Waals surface area (Å²) in [6.45, 7) is 16.2. The SMILES string of the molecule is CN(C)C(=O)c1cc(I)ccc1N.COCCOC(=O)Nc1ccc(-c2cnc3c(c2)c(-c2ccccc2OC)nn3COCC[Si](C)(C)C)cc1C(=O)N(C)C.COc1ccccc1-c1nn(COCC[Si](C)(C)C)c2ncc(-c3ccc(N)c(C(=O)N(C)C)c3)cc12.Nc1ccc(I)cc1C(=O)O. The minimum atomic E-state index is -1.24. The molecule has 6 aromatic carbocycles. The van der Waals surface area contributed by atoms with Gasteiger partial charge in [-0.1, -0.05) is 75.7 Å². The van der Waals surface area contributed by atoms with Crippen LogP contribution in [0, 0.1) is 7.14 Å². The zero-order chi connectivity index (χ0) is 77.0. The lowest BCUT2D eigenvalue weighted by molar-refractivity contribution is 0.0696. The lowest BCUT2D eigenvalue weighted by atomic mass is 10.0. The van der Waals surface area contributed by atoms with Crippen LogP contribution in [0.2, 0.25) is 51.4 Å². The monoisotopic (exact) mass is 1690 g/mol. The Morgan fingerprint density at radius 2 is 0.895 bits per heavy atom. The van der Waals surface area contributed by atoms with E-state index in [-0.39, 0.29) is 43.2 Å². The van der Waals surface area contributed by atoms with E-state index >= 15 is 0 Å². The highest BCUT2D eigenvalue weighted by Gasteiger charge is 2.24. The molecule has 556 valence electrons. The van der Waals surface area contributed by atoms with Gasteiger partial charge in [0.15, 0.2) is 11.3 Å². The Balaban J connectivity index is 0.000000224. The van der Waals surface area contributed by atoms with Crippen molar-refractivity contribution in [3.8, 4) is 56.3 Å². The molecule has 29 heteroatoms. The van der Waals surface area contributed by atoms with Gasteiger partial charge < -0.3 is 65.4 Å². The van der Waals surface area contributed by atoms with Crippen LogP contribution < -0.4 is 32.0 Å². The molecule has 0 saturated heterocycles. The number of hydrogen-bond donors (Lipinski definition) is 5. The number of halogens is 2. The molecule has 4 amide bonds. The molecule has 0 aliphatic heterocycles. The van der Waals surface area contributed by atoms with E-state index in [4.69, 9.17) is 70.9 Å². The lowest BCUT2D eigenvalue weighted by Gasteiger charge is -2.16. The standard InChI is InChI=1S/C32H41N5O6Si.C28H35N5O3Si.C9H11IN2O.C7H6INO2/c1-36(2)31(38)25-18-22(12-13-27(25)34-32(39)43-15-14-40-3)23-19-26-29(24-10-8-9-11-28(24)41-4)35-37(30(26)33-20-23)21-42-16-17-44(5,6)7;1-32(2)28(34)22-15-19(11-12-24(22)29)20-16-23-26(21-9-7-8-10-25(21)35-3)31-33(27(23)30-17-20)18-36-13-14-37(4,5)6;1-12(2)9(13)7-5-6(10)3-4-8(7)11;8-4-1-2-6(9)5(3-4)7(10)11/h8-13,18-20H,14-17,21H2,1-7H3,(H,34,39);7-12,15-17H,13-14,18,29H2,1-6H3;3-5H,11H2,1-2H3;1-3H,9H2,(H,10,11). The van der Waals surface area contributed by atoms with Gasteiger partial charge in [0.1, 0.15) is 43.0 Å². The Morgan fingerprint density at radius 1 is 0.495 bits per heavy atom. The third-order valence-electron chi connectivity index (χ3n) is 16.0. The second-order valence-corrected chi connectivity index (χ2v) is 40.9. The summed E-state index contributed by atoms with van der Waals surface area (Å²) >= 11 is 4.19. The molecule has 0 unspecified atom stereocenters. The number of pyridine rings is 2. The molecule has 0 fully saturated rings. The van der Waals surface area contributed by atoms with Crippen molar-refractivity contribution < 1.29 is 57.5 Å². The van der Waals surface area contributed by atoms with Crippen LogP contribution in [0.1, 0.15) is 41.4 Å². The molecule has 0 saturated carbocycles. The predicted octanol–water partition coefficient (Wildman–Crippen LogP) is 14.5. The zero-order valence-corrected chi connectivity index (χ0v) is 68.3. The number of nitrogens with two attached hydrogens (primary N) is 3. The number of carboxylic acid groups (broad SMARTS) is 1. The molecular formula is C76H93I2N13O12Si2. The minimum absolute atomic E-state index is 0.0592. The van der Waals surface area contributed by atoms with Gasteiger partial charge in [-0.2, -0.15) is 10.2 Å². The normalized spacial score (nSPS) is 11.1. The van der Waals surface area contributed by atoms with Crippen molar-refractivity contribution in [3.63, 3.8) is 0 Å². The van der Waals surface area contributed by atoms with Crippen molar-refractivity contribution in [3.05, 3.63) is 175 Å². The number of carbonyl (C=O) groups is 5. The van der Waals surface area contributed by atoms with Crippen LogP contribution in [0.3, 0.4) is 0 Å². The molecule has 4 heterocycles. The summed E-state index contributed by atoms with van der Waals surface area (Å²) in [6, 6.07) is 42.7. The summed E-state index contributed by atoms with van der Waals surface area (Å²) in [4.78, 5) is 74.3. The molecule has 4 aromatic heterocycles. The first-order valence-corrected chi connectivity index (χ1v) is 42.9. The van der Waals surface area contributed by atoms with E-state index in [1.165, 1.54) is 27.9 Å². The number of benzene rings is 6. The van der Waals surface area contributed by atoms with Gasteiger partial charge in [0.05, 0.1) is 48.8 Å². The second kappa shape index (κ2) is 38.0. The topological polar surface area (TPSA) is 322 Å². The number of nitrogens with zero attached hydrogens (tertiary/aromatic N) is 9. The molecule has 0 radical (unpaired) electrons. The van der Waals surface area contributed by atoms with Crippen molar-refractivity contribution in [2.24, 2.45) is 0 Å². The zero-order valence-electron chi connectivity index (χ0n) is 62.0. The van der Waals surface area contributed by atoms with Crippen LogP contribution in [0.25, 0.3) is 66.8 Å². The Labute approximate surface area is 642 Å². The maximum absolute atomic E-state index is 13.2. The average molecular weight is 1690 g/mol. The maximum atomic E-state index is 13.2. The van der Waals surface area contributed by atoms with Crippen LogP contribution in [0.15, 0.2) is 146 Å². The molecule has 25 nitrogen and oxygen atoms in total. The Hall–Kier alpha value is -9.52. The number of aromatic nitrogens is 6. The Morgan fingerprint density at radius 3 is 1.31 bits per heavy atom. The van der Waals surface area contributed by atoms with Gasteiger partial charge in [0.2, 0.25) is 0 Å². The van der Waals surface area contributed by atoms with E-state index in [1.54, 1.807) is 121 Å². The number of anilines is 4. The second-order valence-electron chi connectivity index (χ2n) is 27.2. The van der Waals surface area contributed by atoms with Gasteiger partial charge in [0.25, 0.3) is 17.7 Å². The lowest BCUT2D eigenvalue weighted by Crippen LogP contribution is -2.24. The third kappa shape index (κ3) is 23.0. The minimum Gasteiger partial charge on any atom is -0.496 e. The maximum Gasteiger partial charge on any atom is 0.411 e. The van der Waals surface area contributed by atoms with E-state index in [0.29, 0.717) is 76.5 Å². The first-order valence-electron chi connectivity index (χ1n) is 33.3. The number of aromatic carboxylic acids is 1. The predicted molar refractivity (Wildman–Crippen MR) is 438 cm³/mol. The highest BCUT2D eigenvalue weighted by Crippen LogP contribution is 2.39. The van der Waals surface area contributed by atoms with Gasteiger partial charge in [-0.05, 0) is 165 Å².